The molecule has 0 aromatic heterocycles. The van der Waals surface area contributed by atoms with Crippen molar-refractivity contribution < 1.29 is 35.8 Å². The fraction of sp³-hybridized carbons (Fsp3) is 1.00. The van der Waals surface area contributed by atoms with Crippen LogP contribution >= 0.6 is 0 Å². The molecule has 4 aliphatic rings. The summed E-state index contributed by atoms with van der Waals surface area (Å²) in [6.07, 6.45) is -7.14. The molecule has 6 unspecified atom stereocenters. The fourth-order valence-electron chi connectivity index (χ4n) is 5.53. The van der Waals surface area contributed by atoms with Crippen molar-refractivity contribution in [3.05, 3.63) is 0 Å². The van der Waals surface area contributed by atoms with Gasteiger partial charge in [0.25, 0.3) is 0 Å². The second-order valence-electron chi connectivity index (χ2n) is 8.79. The summed E-state index contributed by atoms with van der Waals surface area (Å²) in [5.41, 5.74) is -1.01. The largest absolute Gasteiger partial charge is 0.400 e. The summed E-state index contributed by atoms with van der Waals surface area (Å²) in [5.74, 6) is -3.60. The van der Waals surface area contributed by atoms with E-state index in [0.717, 1.165) is 12.8 Å². The van der Waals surface area contributed by atoms with Crippen LogP contribution in [0.15, 0.2) is 0 Å². The van der Waals surface area contributed by atoms with Crippen LogP contribution in [0.1, 0.15) is 51.9 Å². The first-order valence-electron chi connectivity index (χ1n) is 9.43. The molecule has 0 spiro atoms. The van der Waals surface area contributed by atoms with Crippen LogP contribution in [0, 0.1) is 23.2 Å². The second kappa shape index (κ2) is 6.00. The van der Waals surface area contributed by atoms with Gasteiger partial charge >= 0.3 is 12.4 Å². The molecule has 2 nitrogen and oxygen atoms in total. The molecule has 8 heteroatoms. The average molecular weight is 386 g/mol. The zero-order chi connectivity index (χ0) is 18.9. The van der Waals surface area contributed by atoms with Crippen LogP contribution in [0.2, 0.25) is 0 Å². The highest BCUT2D eigenvalue weighted by atomic mass is 19.4. The van der Waals surface area contributed by atoms with Gasteiger partial charge in [-0.15, -0.1) is 0 Å². The van der Waals surface area contributed by atoms with Crippen molar-refractivity contribution in [1.82, 2.24) is 0 Å². The van der Waals surface area contributed by atoms with E-state index in [4.69, 9.17) is 9.47 Å². The Morgan fingerprint density at radius 3 is 1.50 bits per heavy atom. The maximum Gasteiger partial charge on any atom is 0.400 e. The second-order valence-corrected chi connectivity index (χ2v) is 8.79. The lowest BCUT2D eigenvalue weighted by atomic mass is 9.57. The Morgan fingerprint density at radius 1 is 0.731 bits per heavy atom. The van der Waals surface area contributed by atoms with E-state index < -0.39 is 30.1 Å². The molecule has 26 heavy (non-hydrogen) atoms. The third-order valence-corrected chi connectivity index (χ3v) is 7.31. The van der Waals surface area contributed by atoms with E-state index in [-0.39, 0.29) is 36.3 Å². The monoisotopic (exact) mass is 386 g/mol. The van der Waals surface area contributed by atoms with Crippen molar-refractivity contribution >= 4 is 0 Å². The lowest BCUT2D eigenvalue weighted by Gasteiger charge is -2.48. The predicted molar refractivity (Wildman–Crippen MR) is 80.3 cm³/mol. The van der Waals surface area contributed by atoms with Gasteiger partial charge in [0.15, 0.2) is 5.92 Å². The van der Waals surface area contributed by atoms with Crippen LogP contribution < -0.4 is 0 Å². The minimum atomic E-state index is -5.28. The van der Waals surface area contributed by atoms with Gasteiger partial charge in [0, 0.05) is 0 Å². The van der Waals surface area contributed by atoms with Gasteiger partial charge in [-0.05, 0) is 62.2 Å². The summed E-state index contributed by atoms with van der Waals surface area (Å²) in [7, 11) is 0. The van der Waals surface area contributed by atoms with Gasteiger partial charge < -0.3 is 9.47 Å². The third-order valence-electron chi connectivity index (χ3n) is 7.31. The maximum atomic E-state index is 13.3. The summed E-state index contributed by atoms with van der Waals surface area (Å²) in [4.78, 5) is 0. The van der Waals surface area contributed by atoms with E-state index in [1.165, 1.54) is 0 Å². The highest BCUT2D eigenvalue weighted by molar-refractivity contribution is 5.04. The summed E-state index contributed by atoms with van der Waals surface area (Å²) < 4.78 is 90.7. The van der Waals surface area contributed by atoms with Crippen LogP contribution in [-0.4, -0.2) is 36.8 Å². The minimum absolute atomic E-state index is 0.0248. The molecule has 2 saturated carbocycles. The predicted octanol–water partition coefficient (Wildman–Crippen LogP) is 5.26. The van der Waals surface area contributed by atoms with Gasteiger partial charge in [-0.2, -0.15) is 26.3 Å². The molecule has 0 aromatic rings. The van der Waals surface area contributed by atoms with Crippen LogP contribution in [0.3, 0.4) is 0 Å². The van der Waals surface area contributed by atoms with E-state index in [1.54, 1.807) is 6.92 Å². The van der Waals surface area contributed by atoms with Crippen molar-refractivity contribution in [3.63, 3.8) is 0 Å². The average Bonchev–Trinajstić information content (AvgIpc) is 3.42. The van der Waals surface area contributed by atoms with E-state index in [1.807, 2.05) is 0 Å². The van der Waals surface area contributed by atoms with Crippen LogP contribution in [0.5, 0.6) is 0 Å². The Bertz CT molecular complexity index is 503. The number of hydrogen-bond acceptors (Lipinski definition) is 2. The summed E-state index contributed by atoms with van der Waals surface area (Å²) in [6, 6.07) is 0. The van der Waals surface area contributed by atoms with Crippen molar-refractivity contribution in [2.45, 2.75) is 88.6 Å². The molecule has 2 aliphatic carbocycles. The van der Waals surface area contributed by atoms with Crippen molar-refractivity contribution in [3.8, 4) is 0 Å². The van der Waals surface area contributed by atoms with Gasteiger partial charge in [-0.25, -0.2) is 0 Å². The standard InChI is InChI=1S/C18H24F6O2/c1-16(9-2-4-11-13(6-9)25-11,10-3-5-12-14(7-10)26-12)8-15(17(19,20)21)18(22,23)24/h9-15H,2-8H2,1H3. The number of rotatable bonds is 4. The van der Waals surface area contributed by atoms with Gasteiger partial charge in [-0.1, -0.05) is 6.92 Å². The summed E-state index contributed by atoms with van der Waals surface area (Å²) in [5, 5.41) is 0. The molecule has 0 N–H and O–H groups in total. The first kappa shape index (κ1) is 18.8. The molecule has 0 bridgehead atoms. The smallest absolute Gasteiger partial charge is 0.370 e. The van der Waals surface area contributed by atoms with Crippen LogP contribution in [-0.2, 0) is 9.47 Å². The van der Waals surface area contributed by atoms with E-state index in [2.05, 4.69) is 0 Å². The summed E-state index contributed by atoms with van der Waals surface area (Å²) in [6.45, 7) is 1.66. The summed E-state index contributed by atoms with van der Waals surface area (Å²) >= 11 is 0. The van der Waals surface area contributed by atoms with Gasteiger partial charge in [0.05, 0.1) is 24.4 Å². The van der Waals surface area contributed by atoms with E-state index >= 15 is 0 Å². The molecule has 4 fully saturated rings. The molecule has 2 heterocycles. The Kier molecular flexibility index (Phi) is 4.35. The number of alkyl halides is 6. The molecule has 4 rings (SSSR count). The first-order chi connectivity index (χ1) is 12.0. The third kappa shape index (κ3) is 3.48. The Labute approximate surface area is 148 Å². The maximum absolute atomic E-state index is 13.3. The molecule has 150 valence electrons. The molecule has 0 aromatic carbocycles. The fourth-order valence-corrected chi connectivity index (χ4v) is 5.53. The number of ether oxygens (including phenoxy) is 2. The lowest BCUT2D eigenvalue weighted by molar-refractivity contribution is -0.295. The molecule has 0 radical (unpaired) electrons. The van der Waals surface area contributed by atoms with Gasteiger partial charge in [0.2, 0.25) is 0 Å². The lowest BCUT2D eigenvalue weighted by Crippen LogP contribution is -2.47. The zero-order valence-electron chi connectivity index (χ0n) is 14.6. The Hall–Kier alpha value is -0.500. The van der Waals surface area contributed by atoms with Gasteiger partial charge in [0.1, 0.15) is 0 Å². The van der Waals surface area contributed by atoms with E-state index in [9.17, 15) is 26.3 Å². The van der Waals surface area contributed by atoms with Crippen molar-refractivity contribution in [2.24, 2.45) is 23.2 Å². The molecular formula is C18H24F6O2. The topological polar surface area (TPSA) is 25.1 Å². The van der Waals surface area contributed by atoms with Crippen LogP contribution in [0.25, 0.3) is 0 Å². The van der Waals surface area contributed by atoms with E-state index in [0.29, 0.717) is 25.7 Å². The van der Waals surface area contributed by atoms with Crippen molar-refractivity contribution in [1.29, 1.82) is 0 Å². The highest BCUT2D eigenvalue weighted by Gasteiger charge is 2.62. The molecule has 6 atom stereocenters. The van der Waals surface area contributed by atoms with Crippen molar-refractivity contribution in [2.75, 3.05) is 0 Å². The number of hydrogen-bond donors (Lipinski definition) is 0. The molecule has 2 saturated heterocycles. The first-order valence-corrected chi connectivity index (χ1v) is 9.43. The van der Waals surface area contributed by atoms with Crippen LogP contribution in [0.4, 0.5) is 26.3 Å². The van der Waals surface area contributed by atoms with Gasteiger partial charge in [-0.3, -0.25) is 0 Å². The highest BCUT2D eigenvalue weighted by Crippen LogP contribution is 2.59. The number of fused-ring (bicyclic) bond motifs is 2. The number of halogens is 6. The Morgan fingerprint density at radius 2 is 1.15 bits per heavy atom. The molecular weight excluding hydrogens is 362 g/mol. The minimum Gasteiger partial charge on any atom is -0.370 e. The Balaban J connectivity index is 1.60. The molecule has 2 aliphatic heterocycles. The molecule has 0 amide bonds. The zero-order valence-corrected chi connectivity index (χ0v) is 14.6. The normalized spacial score (nSPS) is 42.0. The SMILES string of the molecule is CC(CC(C(F)(F)F)C(F)(F)F)(C1CCC2OC2C1)C1CCC2OC2C1. The quantitative estimate of drug-likeness (QED) is 0.487. The number of epoxide rings is 2.